The van der Waals surface area contributed by atoms with Crippen molar-refractivity contribution < 1.29 is 0 Å². The van der Waals surface area contributed by atoms with Gasteiger partial charge in [0, 0.05) is 44.7 Å². The van der Waals surface area contributed by atoms with E-state index in [1.165, 1.54) is 149 Å². The number of fused-ring (bicyclic) bond motifs is 9. The zero-order valence-corrected chi connectivity index (χ0v) is 54.4. The summed E-state index contributed by atoms with van der Waals surface area (Å²) in [5, 5.41) is 0. The van der Waals surface area contributed by atoms with Gasteiger partial charge < -0.3 is 9.80 Å². The fraction of sp³-hybridized carbons (Fsp3) is 0.349. The molecule has 434 valence electrons. The topological polar surface area (TPSA) is 6.48 Å². The van der Waals surface area contributed by atoms with Crippen LogP contribution in [0.2, 0.25) is 0 Å². The number of rotatable bonds is 6. The highest BCUT2D eigenvalue weighted by Crippen LogP contribution is 2.66. The van der Waals surface area contributed by atoms with Crippen LogP contribution in [0.25, 0.3) is 22.3 Å². The molecule has 2 nitrogen and oxygen atoms in total. The molecule has 2 heterocycles. The van der Waals surface area contributed by atoms with E-state index in [2.05, 4.69) is 303 Å². The normalized spacial score (nSPS) is 20.5. The Morgan fingerprint density at radius 3 is 1.43 bits per heavy atom. The summed E-state index contributed by atoms with van der Waals surface area (Å²) < 4.78 is 0. The SMILES string of the molecule is Cc1cc2c3c(c1)N(c1ccc(C(C)(C)C)cc1-c1ccccc1)c1cc4c(cc1B3c1ccc(CC3c5ccc(C(C)(C)C)cc5C5(C)CCCCC35C)cc1N2c1ccc(C(C)(C)C)cc1-c1ccccc1)C(C)(C)c1ccccc1C4(C)C. The Balaban J connectivity index is 1.07. The van der Waals surface area contributed by atoms with Crippen LogP contribution in [0.1, 0.15) is 197 Å². The maximum absolute atomic E-state index is 2.73. The smallest absolute Gasteiger partial charge is 0.252 e. The molecular weight excluding hydrogens is 1040 g/mol. The number of hydrogen-bond donors (Lipinski definition) is 0. The van der Waals surface area contributed by atoms with E-state index in [1.807, 2.05) is 0 Å². The lowest BCUT2D eigenvalue weighted by molar-refractivity contribution is 0.0794. The Hall–Kier alpha value is -7.36. The second-order valence-corrected chi connectivity index (χ2v) is 31.4. The Morgan fingerprint density at radius 1 is 0.419 bits per heavy atom. The zero-order chi connectivity index (χ0) is 60.4. The summed E-state index contributed by atoms with van der Waals surface area (Å²) in [7, 11) is 0. The van der Waals surface area contributed by atoms with Crippen LogP contribution < -0.4 is 26.2 Å². The van der Waals surface area contributed by atoms with Crippen molar-refractivity contribution in [2.45, 2.75) is 181 Å². The molecule has 0 saturated heterocycles. The van der Waals surface area contributed by atoms with Gasteiger partial charge in [-0.15, -0.1) is 0 Å². The van der Waals surface area contributed by atoms with E-state index in [-0.39, 0.29) is 44.6 Å². The molecule has 0 N–H and O–H groups in total. The molecule has 9 aromatic rings. The first-order valence-corrected chi connectivity index (χ1v) is 32.4. The standard InChI is InChI=1S/C83H89BN2/c1-52-43-74-76-75(44-52)86(71-40-36-57(78(5,6)7)48-61(71)55-29-21-18-22-30-55)73-51-67-66(80(11,12)62-31-23-24-32-63(62)81(67,13)14)50-69(73)84(76)68-38-33-53(45-64-59-37-34-58(79(8,9)10)49-65(59)83(16)42-26-25-41-82(64,83)15)46-72(68)85(74)70-39-35-56(77(2,3)4)47-60(70)54-27-19-17-20-28-54/h17-24,27-40,43-44,46-51,64H,25-26,41-42,45H2,1-16H3. The molecule has 0 radical (unpaired) electrons. The molecular formula is C83H89BN2. The monoisotopic (exact) mass is 1120 g/mol. The average molecular weight is 1130 g/mol. The molecule has 1 saturated carbocycles. The van der Waals surface area contributed by atoms with Crippen LogP contribution >= 0.6 is 0 Å². The molecule has 3 heteroatoms. The average Bonchev–Trinajstić information content (AvgIpc) is 0.804. The van der Waals surface area contributed by atoms with Gasteiger partial charge in [0.15, 0.2) is 0 Å². The predicted octanol–water partition coefficient (Wildman–Crippen LogP) is 20.4. The summed E-state index contributed by atoms with van der Waals surface area (Å²) in [6, 6.07) is 72.4. The van der Waals surface area contributed by atoms with Crippen LogP contribution in [0, 0.1) is 12.3 Å². The summed E-state index contributed by atoms with van der Waals surface area (Å²) in [5.74, 6) is 0.395. The molecule has 0 amide bonds. The molecule has 3 unspecified atom stereocenters. The minimum atomic E-state index is -0.250. The predicted molar refractivity (Wildman–Crippen MR) is 370 cm³/mol. The van der Waals surface area contributed by atoms with Gasteiger partial charge in [-0.3, -0.25) is 0 Å². The van der Waals surface area contributed by atoms with E-state index in [0.29, 0.717) is 5.92 Å². The number of anilines is 6. The minimum Gasteiger partial charge on any atom is -0.311 e. The first-order valence-electron chi connectivity index (χ1n) is 32.4. The minimum absolute atomic E-state index is 0.0513. The zero-order valence-electron chi connectivity index (χ0n) is 54.4. The molecule has 0 spiro atoms. The van der Waals surface area contributed by atoms with Gasteiger partial charge in [-0.2, -0.15) is 0 Å². The Morgan fingerprint density at radius 2 is 0.895 bits per heavy atom. The van der Waals surface area contributed by atoms with Gasteiger partial charge in [0.05, 0.1) is 11.4 Å². The van der Waals surface area contributed by atoms with Gasteiger partial charge in [-0.1, -0.05) is 250 Å². The second kappa shape index (κ2) is 19.3. The maximum Gasteiger partial charge on any atom is 0.252 e. The first kappa shape index (κ1) is 56.5. The molecule has 3 aliphatic carbocycles. The van der Waals surface area contributed by atoms with Crippen LogP contribution in [-0.2, 0) is 38.9 Å². The van der Waals surface area contributed by atoms with Gasteiger partial charge in [-0.05, 0) is 196 Å². The van der Waals surface area contributed by atoms with E-state index >= 15 is 0 Å². The largest absolute Gasteiger partial charge is 0.311 e. The molecule has 0 bridgehead atoms. The summed E-state index contributed by atoms with van der Waals surface area (Å²) in [4.78, 5) is 5.44. The van der Waals surface area contributed by atoms with Gasteiger partial charge in [0.25, 0.3) is 6.71 Å². The van der Waals surface area contributed by atoms with Crippen molar-refractivity contribution in [3.63, 3.8) is 0 Å². The number of nitrogens with zero attached hydrogens (tertiary/aromatic N) is 2. The van der Waals surface area contributed by atoms with Gasteiger partial charge in [0.2, 0.25) is 0 Å². The summed E-state index contributed by atoms with van der Waals surface area (Å²) in [6.07, 6.45) is 6.08. The van der Waals surface area contributed by atoms with E-state index in [0.717, 1.165) is 6.42 Å². The van der Waals surface area contributed by atoms with Crippen LogP contribution in [0.3, 0.4) is 0 Å². The second-order valence-electron chi connectivity index (χ2n) is 31.4. The molecule has 2 aliphatic heterocycles. The highest BCUT2D eigenvalue weighted by molar-refractivity contribution is 7.00. The van der Waals surface area contributed by atoms with E-state index in [4.69, 9.17) is 0 Å². The molecule has 1 fully saturated rings. The molecule has 14 rings (SSSR count). The van der Waals surface area contributed by atoms with Crippen molar-refractivity contribution in [3.8, 4) is 22.3 Å². The van der Waals surface area contributed by atoms with Crippen molar-refractivity contribution >= 4 is 57.2 Å². The Bertz CT molecular complexity index is 4210. The number of aryl methyl sites for hydroxylation is 1. The van der Waals surface area contributed by atoms with Crippen molar-refractivity contribution in [2.75, 3.05) is 9.80 Å². The Kier molecular flexibility index (Phi) is 12.7. The van der Waals surface area contributed by atoms with Crippen molar-refractivity contribution in [2.24, 2.45) is 5.41 Å². The summed E-state index contributed by atoms with van der Waals surface area (Å²) in [6.45, 7) is 38.7. The third-order valence-corrected chi connectivity index (χ3v) is 22.4. The number of benzene rings is 9. The Labute approximate surface area is 516 Å². The van der Waals surface area contributed by atoms with Crippen molar-refractivity contribution in [3.05, 3.63) is 243 Å². The highest BCUT2D eigenvalue weighted by atomic mass is 15.2. The first-order chi connectivity index (χ1) is 40.7. The van der Waals surface area contributed by atoms with Crippen LogP contribution in [0.15, 0.2) is 182 Å². The molecule has 3 atom stereocenters. The fourth-order valence-corrected chi connectivity index (χ4v) is 17.1. The van der Waals surface area contributed by atoms with Crippen molar-refractivity contribution in [1.29, 1.82) is 0 Å². The third kappa shape index (κ3) is 8.46. The lowest BCUT2D eigenvalue weighted by Gasteiger charge is -2.49. The van der Waals surface area contributed by atoms with Crippen molar-refractivity contribution in [1.82, 2.24) is 0 Å². The highest BCUT2D eigenvalue weighted by Gasteiger charge is 2.58. The lowest BCUT2D eigenvalue weighted by Crippen LogP contribution is -2.62. The molecule has 9 aromatic carbocycles. The summed E-state index contributed by atoms with van der Waals surface area (Å²) in [5.41, 5.74) is 31.9. The summed E-state index contributed by atoms with van der Waals surface area (Å²) >= 11 is 0. The molecule has 5 aliphatic rings. The van der Waals surface area contributed by atoms with E-state index in [9.17, 15) is 0 Å². The van der Waals surface area contributed by atoms with Gasteiger partial charge in [0.1, 0.15) is 0 Å². The maximum atomic E-state index is 2.73. The van der Waals surface area contributed by atoms with E-state index < -0.39 is 0 Å². The van der Waals surface area contributed by atoms with Gasteiger partial charge >= 0.3 is 0 Å². The van der Waals surface area contributed by atoms with Crippen LogP contribution in [-0.4, -0.2) is 6.71 Å². The molecule has 0 aromatic heterocycles. The van der Waals surface area contributed by atoms with Crippen LogP contribution in [0.5, 0.6) is 0 Å². The lowest BCUT2D eigenvalue weighted by atomic mass is 9.33. The quantitative estimate of drug-likeness (QED) is 0.153. The molecule has 86 heavy (non-hydrogen) atoms. The van der Waals surface area contributed by atoms with Gasteiger partial charge in [-0.25, -0.2) is 0 Å². The fourth-order valence-electron chi connectivity index (χ4n) is 17.1. The van der Waals surface area contributed by atoms with Crippen LogP contribution in [0.4, 0.5) is 34.1 Å². The number of hydrogen-bond acceptors (Lipinski definition) is 2. The third-order valence-electron chi connectivity index (χ3n) is 22.4. The van der Waals surface area contributed by atoms with E-state index in [1.54, 1.807) is 11.1 Å².